The number of hydrogen-bond donors (Lipinski definition) is 2. The summed E-state index contributed by atoms with van der Waals surface area (Å²) in [4.78, 5) is 16.1. The van der Waals surface area contributed by atoms with Crippen LogP contribution in [0.1, 0.15) is 32.6 Å². The van der Waals surface area contributed by atoms with Crippen molar-refractivity contribution in [2.45, 2.75) is 38.1 Å². The van der Waals surface area contributed by atoms with Crippen LogP contribution in [0, 0.1) is 5.92 Å². The van der Waals surface area contributed by atoms with Gasteiger partial charge in [0.1, 0.15) is 0 Å². The summed E-state index contributed by atoms with van der Waals surface area (Å²) in [6.45, 7) is 2.81. The molecule has 0 spiro atoms. The van der Waals surface area contributed by atoms with Crippen LogP contribution in [0.4, 0.5) is 5.82 Å². The number of nitrogens with zero attached hydrogens (tertiary/aromatic N) is 2. The highest BCUT2D eigenvalue weighted by molar-refractivity contribution is 5.35. The maximum atomic E-state index is 12.0. The quantitative estimate of drug-likeness (QED) is 0.842. The number of rotatable bonds is 3. The number of nitrogens with two attached hydrogens (primary N) is 1. The lowest BCUT2D eigenvalue weighted by atomic mass is 9.77. The first-order valence-corrected chi connectivity index (χ1v) is 6.56. The van der Waals surface area contributed by atoms with E-state index in [1.807, 2.05) is 0 Å². The van der Waals surface area contributed by atoms with Gasteiger partial charge in [0.15, 0.2) is 5.82 Å². The fourth-order valence-electron chi connectivity index (χ4n) is 2.53. The summed E-state index contributed by atoms with van der Waals surface area (Å²) in [5.74, 6) is 1.16. The van der Waals surface area contributed by atoms with Crippen molar-refractivity contribution < 1.29 is 0 Å². The Morgan fingerprint density at radius 1 is 1.56 bits per heavy atom. The maximum Gasteiger partial charge on any atom is 0.293 e. The molecule has 0 saturated heterocycles. The Hall–Kier alpha value is -1.36. The standard InChI is InChI=1S/C13H22N4O/c1-10-3-5-13(9-14,6-4-10)16-11-12(18)17(2)8-7-15-11/h7-8,10H,3-6,9,14H2,1-2H3,(H,15,16). The molecule has 1 heterocycles. The molecule has 1 saturated carbocycles. The predicted octanol–water partition coefficient (Wildman–Crippen LogP) is 1.10. The van der Waals surface area contributed by atoms with Gasteiger partial charge in [-0.05, 0) is 31.6 Å². The molecule has 0 amide bonds. The number of nitrogens with one attached hydrogen (secondary N) is 1. The molecule has 0 aromatic carbocycles. The van der Waals surface area contributed by atoms with Crippen LogP contribution in [0.3, 0.4) is 0 Å². The van der Waals surface area contributed by atoms with Crippen LogP contribution in [0.2, 0.25) is 0 Å². The third-order valence-corrected chi connectivity index (χ3v) is 4.02. The monoisotopic (exact) mass is 250 g/mol. The Kier molecular flexibility index (Phi) is 3.71. The van der Waals surface area contributed by atoms with Crippen LogP contribution in [0.25, 0.3) is 0 Å². The SMILES string of the molecule is CC1CCC(CN)(Nc2nccn(C)c2=O)CC1. The van der Waals surface area contributed by atoms with Crippen molar-refractivity contribution in [1.29, 1.82) is 0 Å². The number of aromatic nitrogens is 2. The van der Waals surface area contributed by atoms with E-state index in [9.17, 15) is 4.79 Å². The smallest absolute Gasteiger partial charge is 0.293 e. The van der Waals surface area contributed by atoms with Gasteiger partial charge in [0.25, 0.3) is 5.56 Å². The first-order chi connectivity index (χ1) is 8.56. The minimum absolute atomic E-state index is 0.0936. The normalized spacial score (nSPS) is 28.1. The summed E-state index contributed by atoms with van der Waals surface area (Å²) in [6, 6.07) is 0. The summed E-state index contributed by atoms with van der Waals surface area (Å²) >= 11 is 0. The van der Waals surface area contributed by atoms with E-state index in [1.54, 1.807) is 19.4 Å². The first-order valence-electron chi connectivity index (χ1n) is 6.56. The molecule has 1 aliphatic carbocycles. The van der Waals surface area contributed by atoms with Gasteiger partial charge in [0.05, 0.1) is 5.54 Å². The average Bonchev–Trinajstić information content (AvgIpc) is 2.38. The molecule has 18 heavy (non-hydrogen) atoms. The summed E-state index contributed by atoms with van der Waals surface area (Å²) in [7, 11) is 1.73. The van der Waals surface area contributed by atoms with Gasteiger partial charge in [-0.1, -0.05) is 6.92 Å². The molecule has 0 unspecified atom stereocenters. The Balaban J connectivity index is 2.20. The lowest BCUT2D eigenvalue weighted by Crippen LogP contribution is -2.49. The van der Waals surface area contributed by atoms with Gasteiger partial charge >= 0.3 is 0 Å². The Labute approximate surface area is 107 Å². The predicted molar refractivity (Wildman–Crippen MR) is 72.5 cm³/mol. The maximum absolute atomic E-state index is 12.0. The average molecular weight is 250 g/mol. The van der Waals surface area contributed by atoms with E-state index in [2.05, 4.69) is 17.2 Å². The third-order valence-electron chi connectivity index (χ3n) is 4.02. The molecule has 1 fully saturated rings. The van der Waals surface area contributed by atoms with Gasteiger partial charge in [-0.25, -0.2) is 4.98 Å². The Morgan fingerprint density at radius 2 is 2.22 bits per heavy atom. The molecule has 0 bridgehead atoms. The van der Waals surface area contributed by atoms with E-state index in [1.165, 1.54) is 4.57 Å². The molecule has 2 rings (SSSR count). The van der Waals surface area contributed by atoms with E-state index < -0.39 is 0 Å². The summed E-state index contributed by atoms with van der Waals surface area (Å²) in [5, 5.41) is 3.30. The lowest BCUT2D eigenvalue weighted by molar-refractivity contribution is 0.271. The summed E-state index contributed by atoms with van der Waals surface area (Å²) in [5.41, 5.74) is 5.67. The molecular weight excluding hydrogens is 228 g/mol. The van der Waals surface area contributed by atoms with Crippen molar-refractivity contribution in [3.8, 4) is 0 Å². The van der Waals surface area contributed by atoms with Crippen LogP contribution in [0.5, 0.6) is 0 Å². The fourth-order valence-corrected chi connectivity index (χ4v) is 2.53. The zero-order chi connectivity index (χ0) is 13.2. The van der Waals surface area contributed by atoms with E-state index in [0.29, 0.717) is 12.4 Å². The van der Waals surface area contributed by atoms with Crippen molar-refractivity contribution in [1.82, 2.24) is 9.55 Å². The van der Waals surface area contributed by atoms with Crippen molar-refractivity contribution >= 4 is 5.82 Å². The minimum atomic E-state index is -0.160. The van der Waals surface area contributed by atoms with Crippen molar-refractivity contribution in [3.05, 3.63) is 22.7 Å². The molecule has 0 radical (unpaired) electrons. The molecule has 100 valence electrons. The second kappa shape index (κ2) is 5.10. The molecule has 5 nitrogen and oxygen atoms in total. The minimum Gasteiger partial charge on any atom is -0.359 e. The van der Waals surface area contributed by atoms with Crippen LogP contribution in [0.15, 0.2) is 17.2 Å². The first kappa shape index (κ1) is 13.1. The fraction of sp³-hybridized carbons (Fsp3) is 0.692. The van der Waals surface area contributed by atoms with E-state index in [4.69, 9.17) is 5.73 Å². The number of aryl methyl sites for hydroxylation is 1. The molecule has 1 aliphatic rings. The zero-order valence-electron chi connectivity index (χ0n) is 11.1. The van der Waals surface area contributed by atoms with Gasteiger partial charge in [0.2, 0.25) is 0 Å². The van der Waals surface area contributed by atoms with Crippen LogP contribution < -0.4 is 16.6 Å². The molecule has 5 heteroatoms. The molecule has 0 aliphatic heterocycles. The summed E-state index contributed by atoms with van der Waals surface area (Å²) < 4.78 is 1.53. The van der Waals surface area contributed by atoms with Gasteiger partial charge < -0.3 is 15.6 Å². The second-order valence-corrected chi connectivity index (χ2v) is 5.48. The van der Waals surface area contributed by atoms with E-state index in [0.717, 1.165) is 31.6 Å². The number of anilines is 1. The van der Waals surface area contributed by atoms with Gasteiger partial charge in [-0.3, -0.25) is 4.79 Å². The largest absolute Gasteiger partial charge is 0.359 e. The van der Waals surface area contributed by atoms with Crippen LogP contribution in [-0.2, 0) is 7.05 Å². The highest BCUT2D eigenvalue weighted by Crippen LogP contribution is 2.32. The highest BCUT2D eigenvalue weighted by Gasteiger charge is 2.33. The summed E-state index contributed by atoms with van der Waals surface area (Å²) in [6.07, 6.45) is 7.61. The molecule has 1 aromatic heterocycles. The number of hydrogen-bond acceptors (Lipinski definition) is 4. The van der Waals surface area contributed by atoms with E-state index in [-0.39, 0.29) is 11.1 Å². The van der Waals surface area contributed by atoms with E-state index >= 15 is 0 Å². The van der Waals surface area contributed by atoms with Crippen LogP contribution >= 0.6 is 0 Å². The topological polar surface area (TPSA) is 72.9 Å². The Bertz CT molecular complexity index is 460. The lowest BCUT2D eigenvalue weighted by Gasteiger charge is -2.39. The molecule has 1 aromatic rings. The van der Waals surface area contributed by atoms with Gasteiger partial charge in [0, 0.05) is 26.0 Å². The Morgan fingerprint density at radius 3 is 2.83 bits per heavy atom. The van der Waals surface area contributed by atoms with Crippen molar-refractivity contribution in [2.24, 2.45) is 18.7 Å². The van der Waals surface area contributed by atoms with Gasteiger partial charge in [-0.15, -0.1) is 0 Å². The third kappa shape index (κ3) is 2.56. The molecule has 0 atom stereocenters. The molecular formula is C13H22N4O. The van der Waals surface area contributed by atoms with Gasteiger partial charge in [-0.2, -0.15) is 0 Å². The van der Waals surface area contributed by atoms with Crippen molar-refractivity contribution in [2.75, 3.05) is 11.9 Å². The van der Waals surface area contributed by atoms with Crippen LogP contribution in [-0.4, -0.2) is 21.6 Å². The second-order valence-electron chi connectivity index (χ2n) is 5.48. The van der Waals surface area contributed by atoms with Crippen molar-refractivity contribution in [3.63, 3.8) is 0 Å². The molecule has 3 N–H and O–H groups in total. The highest BCUT2D eigenvalue weighted by atomic mass is 16.1. The zero-order valence-corrected chi connectivity index (χ0v) is 11.1.